The second-order valence-electron chi connectivity index (χ2n) is 3.50. The van der Waals surface area contributed by atoms with E-state index >= 15 is 0 Å². The van der Waals surface area contributed by atoms with Crippen LogP contribution < -0.4 is 9.47 Å². The van der Waals surface area contributed by atoms with Crippen LogP contribution in [-0.4, -0.2) is 13.4 Å². The Morgan fingerprint density at radius 2 is 2.22 bits per heavy atom. The second-order valence-corrected chi connectivity index (χ2v) is 5.36. The molecule has 1 aromatic heterocycles. The molecule has 0 fully saturated rings. The molecule has 0 unspecified atom stereocenters. The summed E-state index contributed by atoms with van der Waals surface area (Å²) in [4.78, 5) is 12.0. The van der Waals surface area contributed by atoms with Gasteiger partial charge in [-0.05, 0) is 39.5 Å². The highest BCUT2D eigenvalue weighted by molar-refractivity contribution is 9.10. The number of benzene rings is 1. The van der Waals surface area contributed by atoms with Crippen molar-refractivity contribution >= 4 is 33.6 Å². The van der Waals surface area contributed by atoms with Gasteiger partial charge in [-0.15, -0.1) is 11.3 Å². The normalized spacial score (nSPS) is 10.1. The lowest BCUT2D eigenvalue weighted by molar-refractivity contribution is 0.111. The number of carbonyl (C=O) groups is 1. The number of thiophene rings is 1. The molecule has 0 N–H and O–H groups in total. The predicted octanol–water partition coefficient (Wildman–Crippen LogP) is 3.91. The van der Waals surface area contributed by atoms with Crippen molar-refractivity contribution in [1.29, 1.82) is 0 Å². The lowest BCUT2D eigenvalue weighted by Crippen LogP contribution is -1.98. The molecule has 5 heteroatoms. The van der Waals surface area contributed by atoms with E-state index in [4.69, 9.17) is 9.47 Å². The number of aldehydes is 1. The highest BCUT2D eigenvalue weighted by Gasteiger charge is 2.07. The number of hydrogen-bond acceptors (Lipinski definition) is 4. The monoisotopic (exact) mass is 326 g/mol. The Labute approximate surface area is 117 Å². The molecule has 2 rings (SSSR count). The van der Waals surface area contributed by atoms with Crippen molar-refractivity contribution in [1.82, 2.24) is 0 Å². The first-order valence-electron chi connectivity index (χ1n) is 5.22. The van der Waals surface area contributed by atoms with Gasteiger partial charge in [0.1, 0.15) is 18.1 Å². The Kier molecular flexibility index (Phi) is 4.38. The van der Waals surface area contributed by atoms with Gasteiger partial charge < -0.3 is 9.47 Å². The third-order valence-electron chi connectivity index (χ3n) is 2.40. The Morgan fingerprint density at radius 1 is 1.39 bits per heavy atom. The van der Waals surface area contributed by atoms with Gasteiger partial charge in [0.05, 0.1) is 17.6 Å². The number of carbonyl (C=O) groups excluding carboxylic acids is 1. The van der Waals surface area contributed by atoms with E-state index in [1.54, 1.807) is 36.6 Å². The molecule has 0 saturated heterocycles. The first-order chi connectivity index (χ1) is 8.74. The molecule has 0 aliphatic carbocycles. The van der Waals surface area contributed by atoms with Crippen LogP contribution in [-0.2, 0) is 6.61 Å². The van der Waals surface area contributed by atoms with E-state index in [0.717, 1.165) is 15.6 Å². The zero-order chi connectivity index (χ0) is 13.0. The standard InChI is InChI=1S/C13H11BrO3S/c1-16-10-3-2-9(7-15)12(6-10)17-8-13-11(14)4-5-18-13/h2-7H,8H2,1H3. The molecule has 0 bridgehead atoms. The van der Waals surface area contributed by atoms with Gasteiger partial charge in [0.25, 0.3) is 0 Å². The molecule has 18 heavy (non-hydrogen) atoms. The maximum absolute atomic E-state index is 10.9. The first kappa shape index (κ1) is 13.1. The van der Waals surface area contributed by atoms with Gasteiger partial charge in [0.2, 0.25) is 0 Å². The van der Waals surface area contributed by atoms with Crippen LogP contribution in [0.4, 0.5) is 0 Å². The molecular weight excluding hydrogens is 316 g/mol. The SMILES string of the molecule is COc1ccc(C=O)c(OCc2sccc2Br)c1. The summed E-state index contributed by atoms with van der Waals surface area (Å²) in [6.45, 7) is 0.423. The maximum Gasteiger partial charge on any atom is 0.153 e. The van der Waals surface area contributed by atoms with Crippen molar-refractivity contribution in [3.8, 4) is 11.5 Å². The minimum absolute atomic E-state index is 0.423. The summed E-state index contributed by atoms with van der Waals surface area (Å²) in [5.74, 6) is 1.20. The van der Waals surface area contributed by atoms with Gasteiger partial charge in [0.15, 0.2) is 6.29 Å². The molecule has 0 saturated carbocycles. The van der Waals surface area contributed by atoms with Crippen LogP contribution in [0.5, 0.6) is 11.5 Å². The summed E-state index contributed by atoms with van der Waals surface area (Å²) in [5, 5.41) is 1.98. The van der Waals surface area contributed by atoms with Crippen molar-refractivity contribution in [2.45, 2.75) is 6.61 Å². The Balaban J connectivity index is 2.17. The van der Waals surface area contributed by atoms with Crippen molar-refractivity contribution < 1.29 is 14.3 Å². The molecule has 94 valence electrons. The number of halogens is 1. The molecule has 2 aromatic rings. The molecule has 1 aromatic carbocycles. The minimum Gasteiger partial charge on any atom is -0.497 e. The van der Waals surface area contributed by atoms with Crippen molar-refractivity contribution in [3.63, 3.8) is 0 Å². The largest absolute Gasteiger partial charge is 0.497 e. The summed E-state index contributed by atoms with van der Waals surface area (Å²) in [6, 6.07) is 7.10. The van der Waals surface area contributed by atoms with Gasteiger partial charge in [-0.3, -0.25) is 4.79 Å². The second kappa shape index (κ2) is 6.02. The van der Waals surface area contributed by atoms with Crippen LogP contribution in [0.25, 0.3) is 0 Å². The van der Waals surface area contributed by atoms with Gasteiger partial charge in [-0.2, -0.15) is 0 Å². The molecule has 0 amide bonds. The summed E-state index contributed by atoms with van der Waals surface area (Å²) in [7, 11) is 1.58. The van der Waals surface area contributed by atoms with E-state index in [-0.39, 0.29) is 0 Å². The molecular formula is C13H11BrO3S. The molecule has 0 spiro atoms. The van der Waals surface area contributed by atoms with E-state index in [1.165, 1.54) is 0 Å². The van der Waals surface area contributed by atoms with E-state index < -0.39 is 0 Å². The van der Waals surface area contributed by atoms with Crippen LogP contribution in [0, 0.1) is 0 Å². The quantitative estimate of drug-likeness (QED) is 0.781. The van der Waals surface area contributed by atoms with E-state index in [2.05, 4.69) is 15.9 Å². The molecule has 1 heterocycles. The summed E-state index contributed by atoms with van der Waals surface area (Å²) >= 11 is 5.04. The topological polar surface area (TPSA) is 35.5 Å². The summed E-state index contributed by atoms with van der Waals surface area (Å²) in [6.07, 6.45) is 0.776. The fraction of sp³-hybridized carbons (Fsp3) is 0.154. The van der Waals surface area contributed by atoms with Crippen molar-refractivity contribution in [2.24, 2.45) is 0 Å². The number of hydrogen-bond donors (Lipinski definition) is 0. The zero-order valence-corrected chi connectivity index (χ0v) is 12.1. The fourth-order valence-electron chi connectivity index (χ4n) is 1.44. The summed E-state index contributed by atoms with van der Waals surface area (Å²) in [5.41, 5.74) is 0.517. The molecule has 0 aliphatic rings. The van der Waals surface area contributed by atoms with Gasteiger partial charge in [-0.1, -0.05) is 0 Å². The van der Waals surface area contributed by atoms with Crippen LogP contribution in [0.1, 0.15) is 15.2 Å². The van der Waals surface area contributed by atoms with Gasteiger partial charge in [0, 0.05) is 10.5 Å². The van der Waals surface area contributed by atoms with Crippen LogP contribution >= 0.6 is 27.3 Å². The lowest BCUT2D eigenvalue weighted by atomic mass is 10.2. The molecule has 0 radical (unpaired) electrons. The average molecular weight is 327 g/mol. The fourth-order valence-corrected chi connectivity index (χ4v) is 2.81. The predicted molar refractivity (Wildman–Crippen MR) is 74.7 cm³/mol. The number of rotatable bonds is 5. The number of ether oxygens (including phenoxy) is 2. The molecule has 0 aliphatic heterocycles. The first-order valence-corrected chi connectivity index (χ1v) is 6.89. The van der Waals surface area contributed by atoms with E-state index in [9.17, 15) is 4.79 Å². The summed E-state index contributed by atoms with van der Waals surface area (Å²) < 4.78 is 11.8. The van der Waals surface area contributed by atoms with Crippen LogP contribution in [0.3, 0.4) is 0 Å². The molecule has 0 atom stereocenters. The van der Waals surface area contributed by atoms with Crippen LogP contribution in [0.2, 0.25) is 0 Å². The Hall–Kier alpha value is -1.33. The highest BCUT2D eigenvalue weighted by atomic mass is 79.9. The average Bonchev–Trinajstić information content (AvgIpc) is 2.81. The third-order valence-corrected chi connectivity index (χ3v) is 4.30. The Bertz CT molecular complexity index is 551. The van der Waals surface area contributed by atoms with Gasteiger partial charge >= 0.3 is 0 Å². The third kappa shape index (κ3) is 2.91. The smallest absolute Gasteiger partial charge is 0.153 e. The van der Waals surface area contributed by atoms with Crippen LogP contribution in [0.15, 0.2) is 34.1 Å². The van der Waals surface area contributed by atoms with E-state index in [0.29, 0.717) is 23.7 Å². The lowest BCUT2D eigenvalue weighted by Gasteiger charge is -2.09. The highest BCUT2D eigenvalue weighted by Crippen LogP contribution is 2.27. The number of methoxy groups -OCH3 is 1. The Morgan fingerprint density at radius 3 is 2.83 bits per heavy atom. The molecule has 3 nitrogen and oxygen atoms in total. The zero-order valence-electron chi connectivity index (χ0n) is 9.68. The minimum atomic E-state index is 0.423. The van der Waals surface area contributed by atoms with Gasteiger partial charge in [-0.25, -0.2) is 0 Å². The maximum atomic E-state index is 10.9. The van der Waals surface area contributed by atoms with Crippen molar-refractivity contribution in [3.05, 3.63) is 44.6 Å². The van der Waals surface area contributed by atoms with Crippen molar-refractivity contribution in [2.75, 3.05) is 7.11 Å². The van der Waals surface area contributed by atoms with E-state index in [1.807, 2.05) is 11.4 Å².